The number of hydrogen-bond acceptors (Lipinski definition) is 6. The molecule has 0 bridgehead atoms. The Bertz CT molecular complexity index is 1050. The van der Waals surface area contributed by atoms with Gasteiger partial charge in [0.25, 0.3) is 0 Å². The minimum absolute atomic E-state index is 0.520. The minimum atomic E-state index is 0.520. The molecule has 0 amide bonds. The van der Waals surface area contributed by atoms with Crippen molar-refractivity contribution in [2.24, 2.45) is 0 Å². The Labute approximate surface area is 155 Å². The van der Waals surface area contributed by atoms with E-state index in [0.717, 1.165) is 53.8 Å². The number of aryl methyl sites for hydroxylation is 4. The van der Waals surface area contributed by atoms with Gasteiger partial charge in [-0.3, -0.25) is 0 Å². The van der Waals surface area contributed by atoms with Crippen LogP contribution in [0.3, 0.4) is 0 Å². The first-order valence-electron chi connectivity index (χ1n) is 8.53. The smallest absolute Gasteiger partial charge is 0.223 e. The molecule has 0 saturated carbocycles. The summed E-state index contributed by atoms with van der Waals surface area (Å²) in [5.74, 6) is 2.81. The molecule has 0 aliphatic carbocycles. The molecule has 0 unspecified atom stereocenters. The summed E-state index contributed by atoms with van der Waals surface area (Å²) in [5.41, 5.74) is 2.50. The molecule has 0 N–H and O–H groups in total. The zero-order chi connectivity index (χ0) is 18.1. The van der Waals surface area contributed by atoms with Crippen molar-refractivity contribution in [2.45, 2.75) is 39.5 Å². The summed E-state index contributed by atoms with van der Waals surface area (Å²) >= 11 is 6.38. The number of benzene rings is 1. The standard InChI is InChI=1S/C19H18ClN3O3/c1-11-7-15(22-25-11)5-3-4-6-16-9-13-8-14(10-17(20)18(13)24-16)19-21-12(2)26-23-19/h7-10H,3-6H2,1-2H3. The summed E-state index contributed by atoms with van der Waals surface area (Å²) in [5, 5.41) is 9.44. The number of aromatic nitrogens is 3. The van der Waals surface area contributed by atoms with Gasteiger partial charge in [-0.1, -0.05) is 21.9 Å². The molecule has 0 radical (unpaired) electrons. The van der Waals surface area contributed by atoms with Gasteiger partial charge in [0, 0.05) is 30.4 Å². The van der Waals surface area contributed by atoms with Gasteiger partial charge in [0.1, 0.15) is 11.5 Å². The van der Waals surface area contributed by atoms with Crippen LogP contribution in [-0.2, 0) is 12.8 Å². The zero-order valence-electron chi connectivity index (χ0n) is 14.6. The lowest BCUT2D eigenvalue weighted by atomic mass is 10.1. The van der Waals surface area contributed by atoms with E-state index in [-0.39, 0.29) is 0 Å². The summed E-state index contributed by atoms with van der Waals surface area (Å²) in [7, 11) is 0. The van der Waals surface area contributed by atoms with Crippen LogP contribution in [0.4, 0.5) is 0 Å². The molecular weight excluding hydrogens is 354 g/mol. The second-order valence-corrected chi connectivity index (χ2v) is 6.77. The van der Waals surface area contributed by atoms with Gasteiger partial charge in [0.2, 0.25) is 11.7 Å². The van der Waals surface area contributed by atoms with Crippen LogP contribution in [-0.4, -0.2) is 15.3 Å². The van der Waals surface area contributed by atoms with Gasteiger partial charge in [0.05, 0.1) is 10.7 Å². The van der Waals surface area contributed by atoms with Gasteiger partial charge in [-0.25, -0.2) is 0 Å². The Morgan fingerprint density at radius 2 is 1.81 bits per heavy atom. The van der Waals surface area contributed by atoms with Gasteiger partial charge in [0.15, 0.2) is 5.58 Å². The van der Waals surface area contributed by atoms with Gasteiger partial charge < -0.3 is 13.5 Å². The zero-order valence-corrected chi connectivity index (χ0v) is 15.3. The van der Waals surface area contributed by atoms with Crippen LogP contribution >= 0.6 is 11.6 Å². The van der Waals surface area contributed by atoms with Gasteiger partial charge in [-0.2, -0.15) is 4.98 Å². The molecule has 0 spiro atoms. The van der Waals surface area contributed by atoms with Crippen LogP contribution < -0.4 is 0 Å². The Morgan fingerprint density at radius 1 is 0.962 bits per heavy atom. The third-order valence-corrected chi connectivity index (χ3v) is 4.47. The number of unbranched alkanes of at least 4 members (excludes halogenated alkanes) is 1. The summed E-state index contributed by atoms with van der Waals surface area (Å²) in [4.78, 5) is 4.25. The maximum Gasteiger partial charge on any atom is 0.223 e. The first kappa shape index (κ1) is 16.8. The molecule has 0 atom stereocenters. The topological polar surface area (TPSA) is 78.1 Å². The molecule has 0 saturated heterocycles. The second kappa shape index (κ2) is 6.96. The van der Waals surface area contributed by atoms with Gasteiger partial charge in [-0.05, 0) is 44.4 Å². The molecule has 4 rings (SSSR count). The fourth-order valence-corrected chi connectivity index (χ4v) is 3.24. The highest BCUT2D eigenvalue weighted by Crippen LogP contribution is 2.32. The highest BCUT2D eigenvalue weighted by Gasteiger charge is 2.13. The quantitative estimate of drug-likeness (QED) is 0.427. The predicted molar refractivity (Wildman–Crippen MR) is 97.1 cm³/mol. The molecule has 26 heavy (non-hydrogen) atoms. The van der Waals surface area contributed by atoms with Gasteiger partial charge in [-0.15, -0.1) is 0 Å². The Morgan fingerprint density at radius 3 is 2.54 bits per heavy atom. The summed E-state index contributed by atoms with van der Waals surface area (Å²) in [6, 6.07) is 7.77. The summed E-state index contributed by atoms with van der Waals surface area (Å²) in [6.07, 6.45) is 3.77. The number of fused-ring (bicyclic) bond motifs is 1. The van der Waals surface area contributed by atoms with E-state index < -0.39 is 0 Å². The Balaban J connectivity index is 1.45. The van der Waals surface area contributed by atoms with Crippen LogP contribution in [0.1, 0.15) is 35.9 Å². The average Bonchev–Trinajstić information content (AvgIpc) is 3.31. The van der Waals surface area contributed by atoms with Crippen molar-refractivity contribution in [2.75, 3.05) is 0 Å². The number of furan rings is 1. The monoisotopic (exact) mass is 371 g/mol. The fraction of sp³-hybridized carbons (Fsp3) is 0.316. The number of halogens is 1. The van der Waals surface area contributed by atoms with Crippen LogP contribution in [0.25, 0.3) is 22.4 Å². The van der Waals surface area contributed by atoms with E-state index in [4.69, 9.17) is 25.1 Å². The van der Waals surface area contributed by atoms with Crippen LogP contribution in [0.2, 0.25) is 5.02 Å². The fourth-order valence-electron chi connectivity index (χ4n) is 2.97. The van der Waals surface area contributed by atoms with Crippen molar-refractivity contribution >= 4 is 22.6 Å². The molecule has 0 aliphatic rings. The molecule has 0 aliphatic heterocycles. The maximum absolute atomic E-state index is 6.38. The van der Waals surface area contributed by atoms with Crippen molar-refractivity contribution < 1.29 is 13.5 Å². The van der Waals surface area contributed by atoms with E-state index in [2.05, 4.69) is 15.3 Å². The lowest BCUT2D eigenvalue weighted by molar-refractivity contribution is 0.389. The molecule has 3 heterocycles. The van der Waals surface area contributed by atoms with Crippen LogP contribution in [0, 0.1) is 13.8 Å². The average molecular weight is 372 g/mol. The lowest BCUT2D eigenvalue weighted by Gasteiger charge is -1.97. The van der Waals surface area contributed by atoms with Crippen molar-refractivity contribution in [1.82, 2.24) is 15.3 Å². The van der Waals surface area contributed by atoms with E-state index in [1.807, 2.05) is 25.1 Å². The highest BCUT2D eigenvalue weighted by molar-refractivity contribution is 6.35. The van der Waals surface area contributed by atoms with Crippen molar-refractivity contribution in [3.05, 3.63) is 52.4 Å². The van der Waals surface area contributed by atoms with Crippen molar-refractivity contribution in [1.29, 1.82) is 0 Å². The summed E-state index contributed by atoms with van der Waals surface area (Å²) in [6.45, 7) is 3.66. The normalized spacial score (nSPS) is 11.5. The maximum atomic E-state index is 6.38. The third-order valence-electron chi connectivity index (χ3n) is 4.19. The number of nitrogens with zero attached hydrogens (tertiary/aromatic N) is 3. The molecule has 134 valence electrons. The predicted octanol–water partition coefficient (Wildman–Crippen LogP) is 5.31. The Kier molecular flexibility index (Phi) is 4.51. The SMILES string of the molecule is Cc1cc(CCCCc2cc3cc(-c4noc(C)n4)cc(Cl)c3o2)no1. The third kappa shape index (κ3) is 3.51. The summed E-state index contributed by atoms with van der Waals surface area (Å²) < 4.78 is 16.0. The lowest BCUT2D eigenvalue weighted by Crippen LogP contribution is -1.88. The molecule has 4 aromatic rings. The highest BCUT2D eigenvalue weighted by atomic mass is 35.5. The molecule has 7 heteroatoms. The molecular formula is C19H18ClN3O3. The second-order valence-electron chi connectivity index (χ2n) is 6.36. The van der Waals surface area contributed by atoms with E-state index in [0.29, 0.717) is 22.3 Å². The largest absolute Gasteiger partial charge is 0.460 e. The first-order valence-corrected chi connectivity index (χ1v) is 8.91. The van der Waals surface area contributed by atoms with E-state index in [9.17, 15) is 0 Å². The van der Waals surface area contributed by atoms with Crippen LogP contribution in [0.5, 0.6) is 0 Å². The van der Waals surface area contributed by atoms with Crippen molar-refractivity contribution in [3.63, 3.8) is 0 Å². The van der Waals surface area contributed by atoms with E-state index in [1.165, 1.54) is 0 Å². The van der Waals surface area contributed by atoms with Crippen LogP contribution in [0.15, 0.2) is 37.7 Å². The van der Waals surface area contributed by atoms with E-state index in [1.54, 1.807) is 13.0 Å². The van der Waals surface area contributed by atoms with Gasteiger partial charge >= 0.3 is 0 Å². The minimum Gasteiger partial charge on any atom is -0.460 e. The Hall–Kier alpha value is -2.60. The number of rotatable bonds is 6. The van der Waals surface area contributed by atoms with E-state index >= 15 is 0 Å². The molecule has 3 aromatic heterocycles. The molecule has 1 aromatic carbocycles. The molecule has 0 fully saturated rings. The number of hydrogen-bond donors (Lipinski definition) is 0. The molecule has 6 nitrogen and oxygen atoms in total. The first-order chi connectivity index (χ1) is 12.6. The van der Waals surface area contributed by atoms with Crippen molar-refractivity contribution in [3.8, 4) is 11.4 Å².